The first-order valence-electron chi connectivity index (χ1n) is 7.60. The highest BCUT2D eigenvalue weighted by atomic mass is 16.1. The second kappa shape index (κ2) is 5.29. The van der Waals surface area contributed by atoms with Crippen LogP contribution in [0.5, 0.6) is 0 Å². The van der Waals surface area contributed by atoms with Crippen LogP contribution in [0.4, 0.5) is 11.5 Å². The molecule has 2 heterocycles. The summed E-state index contributed by atoms with van der Waals surface area (Å²) in [6.45, 7) is 0.842. The van der Waals surface area contributed by atoms with Crippen molar-refractivity contribution < 1.29 is 0 Å². The average molecular weight is 305 g/mol. The average Bonchev–Trinajstić information content (AvgIpc) is 3.31. The van der Waals surface area contributed by atoms with Gasteiger partial charge in [-0.3, -0.25) is 9.48 Å². The van der Waals surface area contributed by atoms with Gasteiger partial charge in [0.2, 0.25) is 0 Å². The summed E-state index contributed by atoms with van der Waals surface area (Å²) in [6.07, 6.45) is 4.10. The largest absolute Gasteiger partial charge is 0.338 e. The number of aromatic nitrogens is 3. The number of rotatable bonds is 4. The van der Waals surface area contributed by atoms with Crippen molar-refractivity contribution in [1.82, 2.24) is 14.8 Å². The molecule has 0 atom stereocenters. The van der Waals surface area contributed by atoms with Crippen molar-refractivity contribution in [2.24, 2.45) is 5.92 Å². The highest BCUT2D eigenvalue weighted by Gasteiger charge is 2.24. The van der Waals surface area contributed by atoms with Gasteiger partial charge in [-0.25, -0.2) is 0 Å². The van der Waals surface area contributed by atoms with Gasteiger partial charge in [-0.1, -0.05) is 0 Å². The molecule has 6 heteroatoms. The van der Waals surface area contributed by atoms with E-state index in [1.807, 2.05) is 10.7 Å². The topological polar surface area (TPSA) is 86.5 Å². The molecule has 0 aliphatic heterocycles. The molecule has 0 saturated heterocycles. The first-order valence-corrected chi connectivity index (χ1v) is 7.60. The van der Waals surface area contributed by atoms with E-state index in [1.54, 1.807) is 30.5 Å². The molecule has 1 aliphatic rings. The third-order valence-corrected chi connectivity index (χ3v) is 4.08. The zero-order valence-electron chi connectivity index (χ0n) is 12.4. The lowest BCUT2D eigenvalue weighted by Gasteiger charge is -2.03. The van der Waals surface area contributed by atoms with Gasteiger partial charge >= 0.3 is 0 Å². The third kappa shape index (κ3) is 2.57. The normalized spacial score (nSPS) is 13.9. The Balaban J connectivity index is 1.76. The molecule has 6 nitrogen and oxygen atoms in total. The van der Waals surface area contributed by atoms with Gasteiger partial charge < -0.3 is 10.3 Å². The lowest BCUT2D eigenvalue weighted by Crippen LogP contribution is -2.06. The second-order valence-electron chi connectivity index (χ2n) is 5.86. The highest BCUT2D eigenvalue weighted by Crippen LogP contribution is 2.32. The van der Waals surface area contributed by atoms with E-state index >= 15 is 0 Å². The summed E-state index contributed by atoms with van der Waals surface area (Å²) in [5.41, 5.74) is 2.08. The Morgan fingerprint density at radius 1 is 1.30 bits per heavy atom. The van der Waals surface area contributed by atoms with E-state index < -0.39 is 0 Å². The smallest absolute Gasteiger partial charge is 0.261 e. The highest BCUT2D eigenvalue weighted by molar-refractivity contribution is 5.91. The quantitative estimate of drug-likeness (QED) is 0.776. The molecule has 1 aliphatic carbocycles. The maximum Gasteiger partial charge on any atom is 0.261 e. The van der Waals surface area contributed by atoms with Crippen molar-refractivity contribution in [2.75, 3.05) is 5.32 Å². The van der Waals surface area contributed by atoms with Gasteiger partial charge in [-0.2, -0.15) is 10.4 Å². The Bertz CT molecular complexity index is 957. The van der Waals surface area contributed by atoms with Gasteiger partial charge in [0.05, 0.1) is 17.1 Å². The molecule has 1 aromatic carbocycles. The van der Waals surface area contributed by atoms with Crippen molar-refractivity contribution in [1.29, 1.82) is 5.26 Å². The summed E-state index contributed by atoms with van der Waals surface area (Å²) >= 11 is 0. The number of nitrogens with zero attached hydrogens (tertiary/aromatic N) is 3. The number of nitrogens with one attached hydrogen (secondary N) is 2. The number of pyridine rings is 1. The molecule has 2 aromatic heterocycles. The zero-order chi connectivity index (χ0) is 15.8. The summed E-state index contributed by atoms with van der Waals surface area (Å²) in [6, 6.07) is 11.1. The SMILES string of the molecule is N#Cc1ccc(Nc2nn(CC3CC3)c3cc[nH]c(=O)c23)cc1. The van der Waals surface area contributed by atoms with Gasteiger partial charge in [0, 0.05) is 18.4 Å². The molecule has 0 amide bonds. The van der Waals surface area contributed by atoms with Crippen LogP contribution >= 0.6 is 0 Å². The predicted octanol–water partition coefficient (Wildman–Crippen LogP) is 2.75. The van der Waals surface area contributed by atoms with Gasteiger partial charge in [0.15, 0.2) is 5.82 Å². The van der Waals surface area contributed by atoms with Crippen molar-refractivity contribution in [3.05, 3.63) is 52.4 Å². The number of hydrogen-bond donors (Lipinski definition) is 2. The molecule has 1 saturated carbocycles. The van der Waals surface area contributed by atoms with Crippen LogP contribution < -0.4 is 10.9 Å². The Kier molecular flexibility index (Phi) is 3.12. The fourth-order valence-electron chi connectivity index (χ4n) is 2.67. The van der Waals surface area contributed by atoms with E-state index in [0.717, 1.165) is 17.7 Å². The summed E-state index contributed by atoms with van der Waals surface area (Å²) in [7, 11) is 0. The molecule has 4 rings (SSSR count). The van der Waals surface area contributed by atoms with Crippen LogP contribution in [0.3, 0.4) is 0 Å². The van der Waals surface area contributed by atoms with Crippen LogP contribution in [0.15, 0.2) is 41.3 Å². The van der Waals surface area contributed by atoms with Crippen molar-refractivity contribution in [2.45, 2.75) is 19.4 Å². The maximum atomic E-state index is 12.2. The van der Waals surface area contributed by atoms with E-state index in [2.05, 4.69) is 21.5 Å². The first-order chi connectivity index (χ1) is 11.2. The summed E-state index contributed by atoms with van der Waals surface area (Å²) < 4.78 is 1.91. The van der Waals surface area contributed by atoms with E-state index in [4.69, 9.17) is 5.26 Å². The molecule has 23 heavy (non-hydrogen) atoms. The number of hydrogen-bond acceptors (Lipinski definition) is 4. The molecular formula is C17H15N5O. The lowest BCUT2D eigenvalue weighted by molar-refractivity contribution is 0.582. The Labute approximate surface area is 132 Å². The Morgan fingerprint density at radius 2 is 2.09 bits per heavy atom. The van der Waals surface area contributed by atoms with Gasteiger partial charge in [0.25, 0.3) is 5.56 Å². The first kappa shape index (κ1) is 13.6. The molecule has 3 aromatic rings. The predicted molar refractivity (Wildman–Crippen MR) is 87.5 cm³/mol. The minimum atomic E-state index is -0.152. The standard InChI is InChI=1S/C17H15N5O/c18-9-11-3-5-13(6-4-11)20-16-15-14(7-8-19-17(15)23)22(21-16)10-12-1-2-12/h3-8,12H,1-2,10H2,(H,19,23)(H,20,21). The Hall–Kier alpha value is -3.07. The number of H-pyrrole nitrogens is 1. The van der Waals surface area contributed by atoms with E-state index in [9.17, 15) is 4.79 Å². The summed E-state index contributed by atoms with van der Waals surface area (Å²) in [4.78, 5) is 14.9. The van der Waals surface area contributed by atoms with Crippen LogP contribution in [-0.2, 0) is 6.54 Å². The van der Waals surface area contributed by atoms with Crippen molar-refractivity contribution >= 4 is 22.4 Å². The van der Waals surface area contributed by atoms with Crippen LogP contribution in [0.2, 0.25) is 0 Å². The number of nitriles is 1. The Morgan fingerprint density at radius 3 is 2.78 bits per heavy atom. The fourth-order valence-corrected chi connectivity index (χ4v) is 2.67. The van der Waals surface area contributed by atoms with Crippen LogP contribution in [-0.4, -0.2) is 14.8 Å². The van der Waals surface area contributed by atoms with Gasteiger partial charge in [-0.15, -0.1) is 0 Å². The number of anilines is 2. The summed E-state index contributed by atoms with van der Waals surface area (Å²) in [5.74, 6) is 1.22. The molecule has 0 radical (unpaired) electrons. The van der Waals surface area contributed by atoms with Gasteiger partial charge in [-0.05, 0) is 49.1 Å². The number of fused-ring (bicyclic) bond motifs is 1. The molecule has 0 spiro atoms. The summed E-state index contributed by atoms with van der Waals surface area (Å²) in [5, 5.41) is 17.2. The van der Waals surface area contributed by atoms with Crippen LogP contribution in [0.25, 0.3) is 10.9 Å². The molecule has 0 bridgehead atoms. The van der Waals surface area contributed by atoms with Crippen LogP contribution in [0.1, 0.15) is 18.4 Å². The van der Waals surface area contributed by atoms with E-state index in [1.165, 1.54) is 12.8 Å². The van der Waals surface area contributed by atoms with Crippen molar-refractivity contribution in [3.63, 3.8) is 0 Å². The third-order valence-electron chi connectivity index (χ3n) is 4.08. The molecule has 114 valence electrons. The monoisotopic (exact) mass is 305 g/mol. The van der Waals surface area contributed by atoms with E-state index in [0.29, 0.717) is 22.7 Å². The van der Waals surface area contributed by atoms with Gasteiger partial charge in [0.1, 0.15) is 5.39 Å². The lowest BCUT2D eigenvalue weighted by atomic mass is 10.2. The molecule has 2 N–H and O–H groups in total. The number of aromatic amines is 1. The maximum absolute atomic E-state index is 12.2. The molecule has 1 fully saturated rings. The molecule has 0 unspecified atom stereocenters. The minimum Gasteiger partial charge on any atom is -0.338 e. The zero-order valence-corrected chi connectivity index (χ0v) is 12.4. The molecular weight excluding hydrogens is 290 g/mol. The number of benzene rings is 1. The van der Waals surface area contributed by atoms with Crippen molar-refractivity contribution in [3.8, 4) is 6.07 Å². The van der Waals surface area contributed by atoms with E-state index in [-0.39, 0.29) is 5.56 Å². The van der Waals surface area contributed by atoms with Crippen LogP contribution in [0, 0.1) is 17.2 Å². The fraction of sp³-hybridized carbons (Fsp3) is 0.235. The minimum absolute atomic E-state index is 0.152. The second-order valence-corrected chi connectivity index (χ2v) is 5.86.